The van der Waals surface area contributed by atoms with Gasteiger partial charge in [-0.2, -0.15) is 0 Å². The number of rotatable bonds is 3. The van der Waals surface area contributed by atoms with Gasteiger partial charge in [-0.25, -0.2) is 0 Å². The maximum Gasteiger partial charge on any atom is 0.0594 e. The second kappa shape index (κ2) is 4.89. The van der Waals surface area contributed by atoms with Gasteiger partial charge in [-0.1, -0.05) is 6.07 Å². The fourth-order valence-corrected chi connectivity index (χ4v) is 2.37. The third-order valence-corrected chi connectivity index (χ3v) is 3.47. The van der Waals surface area contributed by atoms with Crippen molar-refractivity contribution in [3.63, 3.8) is 0 Å². The highest BCUT2D eigenvalue weighted by atomic mass is 32.1. The Kier molecular flexibility index (Phi) is 3.53. The number of ether oxygens (including phenoxy) is 1. The molecule has 1 aliphatic rings. The first-order chi connectivity index (χ1) is 6.86. The highest BCUT2D eigenvalue weighted by molar-refractivity contribution is 7.10. The van der Waals surface area contributed by atoms with E-state index in [0.717, 1.165) is 32.8 Å². The summed E-state index contributed by atoms with van der Waals surface area (Å²) in [5.74, 6) is 0. The lowest BCUT2D eigenvalue weighted by atomic mass is 10.2. The first-order valence-electron chi connectivity index (χ1n) is 4.95. The molecule has 1 aliphatic heterocycles. The molecule has 1 unspecified atom stereocenters. The molecule has 1 fully saturated rings. The van der Waals surface area contributed by atoms with Gasteiger partial charge >= 0.3 is 0 Å². The minimum absolute atomic E-state index is 0.160. The number of nitrogens with zero attached hydrogens (tertiary/aromatic N) is 1. The summed E-state index contributed by atoms with van der Waals surface area (Å²) in [5.41, 5.74) is 6.10. The van der Waals surface area contributed by atoms with Crippen LogP contribution in [0.3, 0.4) is 0 Å². The summed E-state index contributed by atoms with van der Waals surface area (Å²) in [7, 11) is 0. The van der Waals surface area contributed by atoms with Crippen LogP contribution in [0, 0.1) is 0 Å². The van der Waals surface area contributed by atoms with Crippen LogP contribution >= 0.6 is 11.3 Å². The zero-order valence-electron chi connectivity index (χ0n) is 8.19. The SMILES string of the molecule is NC(CN1CCOCC1)c1cccs1. The molecule has 0 saturated carbocycles. The number of hydrogen-bond donors (Lipinski definition) is 1. The topological polar surface area (TPSA) is 38.5 Å². The number of hydrogen-bond acceptors (Lipinski definition) is 4. The molecule has 1 saturated heterocycles. The summed E-state index contributed by atoms with van der Waals surface area (Å²) < 4.78 is 5.29. The van der Waals surface area contributed by atoms with Gasteiger partial charge in [-0.05, 0) is 11.4 Å². The van der Waals surface area contributed by atoms with Gasteiger partial charge in [0.05, 0.1) is 19.3 Å². The molecule has 2 heterocycles. The monoisotopic (exact) mass is 212 g/mol. The van der Waals surface area contributed by atoms with E-state index in [1.54, 1.807) is 11.3 Å². The fraction of sp³-hybridized carbons (Fsp3) is 0.600. The Labute approximate surface area is 88.5 Å². The zero-order valence-corrected chi connectivity index (χ0v) is 9.00. The van der Waals surface area contributed by atoms with Gasteiger partial charge in [-0.15, -0.1) is 11.3 Å². The van der Waals surface area contributed by atoms with Crippen molar-refractivity contribution in [3.05, 3.63) is 22.4 Å². The van der Waals surface area contributed by atoms with Crippen molar-refractivity contribution in [2.24, 2.45) is 5.73 Å². The smallest absolute Gasteiger partial charge is 0.0594 e. The molecule has 0 aliphatic carbocycles. The predicted molar refractivity (Wildman–Crippen MR) is 58.5 cm³/mol. The normalized spacial score (nSPS) is 20.9. The minimum atomic E-state index is 0.160. The number of morpholine rings is 1. The third kappa shape index (κ3) is 2.54. The highest BCUT2D eigenvalue weighted by Crippen LogP contribution is 2.17. The summed E-state index contributed by atoms with van der Waals surface area (Å²) >= 11 is 1.74. The summed E-state index contributed by atoms with van der Waals surface area (Å²) in [5, 5.41) is 2.08. The van der Waals surface area contributed by atoms with Crippen molar-refractivity contribution in [2.75, 3.05) is 32.8 Å². The Morgan fingerprint density at radius 1 is 1.50 bits per heavy atom. The Bertz CT molecular complexity index is 257. The average Bonchev–Trinajstić information content (AvgIpc) is 2.72. The molecule has 3 nitrogen and oxygen atoms in total. The molecule has 1 aromatic heterocycles. The van der Waals surface area contributed by atoms with Crippen LogP contribution in [0.4, 0.5) is 0 Å². The zero-order chi connectivity index (χ0) is 9.80. The van der Waals surface area contributed by atoms with Crippen LogP contribution < -0.4 is 5.73 Å². The molecule has 0 aromatic carbocycles. The largest absolute Gasteiger partial charge is 0.379 e. The van der Waals surface area contributed by atoms with Crippen LogP contribution in [0.1, 0.15) is 10.9 Å². The molecule has 2 rings (SSSR count). The summed E-state index contributed by atoms with van der Waals surface area (Å²) in [6, 6.07) is 4.32. The lowest BCUT2D eigenvalue weighted by Crippen LogP contribution is -2.40. The molecular formula is C10H16N2OS. The summed E-state index contributed by atoms with van der Waals surface area (Å²) in [6.45, 7) is 4.66. The maximum atomic E-state index is 6.10. The lowest BCUT2D eigenvalue weighted by Gasteiger charge is -2.28. The third-order valence-electron chi connectivity index (χ3n) is 2.47. The van der Waals surface area contributed by atoms with Crippen molar-refractivity contribution in [1.82, 2.24) is 4.90 Å². The van der Waals surface area contributed by atoms with Crippen LogP contribution in [0.15, 0.2) is 17.5 Å². The lowest BCUT2D eigenvalue weighted by molar-refractivity contribution is 0.0354. The molecule has 1 aromatic rings. The maximum absolute atomic E-state index is 6.10. The predicted octanol–water partition coefficient (Wildman–Crippen LogP) is 1.08. The van der Waals surface area contributed by atoms with Crippen LogP contribution in [0.2, 0.25) is 0 Å². The van der Waals surface area contributed by atoms with Gasteiger partial charge in [0, 0.05) is 24.5 Å². The molecule has 4 heteroatoms. The van der Waals surface area contributed by atoms with Gasteiger partial charge in [-0.3, -0.25) is 4.90 Å². The van der Waals surface area contributed by atoms with E-state index in [-0.39, 0.29) is 6.04 Å². The summed E-state index contributed by atoms with van der Waals surface area (Å²) in [4.78, 5) is 3.64. The van der Waals surface area contributed by atoms with Gasteiger partial charge in [0.25, 0.3) is 0 Å². The fourth-order valence-electron chi connectivity index (χ4n) is 1.65. The Hall–Kier alpha value is -0.420. The van der Waals surface area contributed by atoms with Crippen molar-refractivity contribution in [3.8, 4) is 0 Å². The van der Waals surface area contributed by atoms with Crippen LogP contribution in [0.25, 0.3) is 0 Å². The molecule has 14 heavy (non-hydrogen) atoms. The molecule has 78 valence electrons. The van der Waals surface area contributed by atoms with E-state index in [9.17, 15) is 0 Å². The van der Waals surface area contributed by atoms with E-state index in [2.05, 4.69) is 22.4 Å². The highest BCUT2D eigenvalue weighted by Gasteiger charge is 2.15. The average molecular weight is 212 g/mol. The van der Waals surface area contributed by atoms with Crippen LogP contribution in [-0.2, 0) is 4.74 Å². The van der Waals surface area contributed by atoms with Crippen molar-refractivity contribution < 1.29 is 4.74 Å². The molecule has 0 spiro atoms. The molecular weight excluding hydrogens is 196 g/mol. The van der Waals surface area contributed by atoms with Gasteiger partial charge < -0.3 is 10.5 Å². The van der Waals surface area contributed by atoms with Gasteiger partial charge in [0.1, 0.15) is 0 Å². The van der Waals surface area contributed by atoms with E-state index >= 15 is 0 Å². The number of thiophene rings is 1. The van der Waals surface area contributed by atoms with E-state index in [1.807, 2.05) is 0 Å². The Morgan fingerprint density at radius 3 is 2.93 bits per heavy atom. The molecule has 1 atom stereocenters. The second-order valence-corrected chi connectivity index (χ2v) is 4.51. The van der Waals surface area contributed by atoms with Crippen molar-refractivity contribution in [2.45, 2.75) is 6.04 Å². The first kappa shape index (κ1) is 10.1. The van der Waals surface area contributed by atoms with Crippen molar-refractivity contribution >= 4 is 11.3 Å². The summed E-state index contributed by atoms with van der Waals surface area (Å²) in [6.07, 6.45) is 0. The Balaban J connectivity index is 1.84. The molecule has 2 N–H and O–H groups in total. The molecule has 0 bridgehead atoms. The van der Waals surface area contributed by atoms with Gasteiger partial charge in [0.2, 0.25) is 0 Å². The van der Waals surface area contributed by atoms with E-state index in [4.69, 9.17) is 10.5 Å². The molecule has 0 amide bonds. The van der Waals surface area contributed by atoms with E-state index in [0.29, 0.717) is 0 Å². The van der Waals surface area contributed by atoms with Crippen molar-refractivity contribution in [1.29, 1.82) is 0 Å². The van der Waals surface area contributed by atoms with E-state index in [1.165, 1.54) is 4.88 Å². The minimum Gasteiger partial charge on any atom is -0.379 e. The standard InChI is InChI=1S/C10H16N2OS/c11-9(10-2-1-7-14-10)8-12-3-5-13-6-4-12/h1-2,7,9H,3-6,8,11H2. The van der Waals surface area contributed by atoms with E-state index < -0.39 is 0 Å². The van der Waals surface area contributed by atoms with Crippen LogP contribution in [-0.4, -0.2) is 37.7 Å². The van der Waals surface area contributed by atoms with Crippen LogP contribution in [0.5, 0.6) is 0 Å². The first-order valence-corrected chi connectivity index (χ1v) is 5.83. The molecule has 0 radical (unpaired) electrons. The number of nitrogens with two attached hydrogens (primary N) is 1. The second-order valence-electron chi connectivity index (χ2n) is 3.53. The Morgan fingerprint density at radius 2 is 2.29 bits per heavy atom. The van der Waals surface area contributed by atoms with Gasteiger partial charge in [0.15, 0.2) is 0 Å². The quantitative estimate of drug-likeness (QED) is 0.815.